The van der Waals surface area contributed by atoms with Crippen LogP contribution in [0.25, 0.3) is 11.1 Å². The van der Waals surface area contributed by atoms with Crippen LogP contribution < -0.4 is 10.2 Å². The maximum atomic E-state index is 12.7. The first-order chi connectivity index (χ1) is 9.45. The van der Waals surface area contributed by atoms with Gasteiger partial charge in [-0.15, -0.1) is 0 Å². The highest BCUT2D eigenvalue weighted by molar-refractivity contribution is 5.77. The SMILES string of the molecule is CN1CNc2cc(-c3cccc(C(F)(F)F)c3)cnc21. The number of fused-ring (bicyclic) bond motifs is 1. The minimum atomic E-state index is -4.33. The monoisotopic (exact) mass is 279 g/mol. The van der Waals surface area contributed by atoms with Crippen molar-refractivity contribution in [2.75, 3.05) is 23.9 Å². The number of hydrogen-bond acceptors (Lipinski definition) is 3. The molecule has 6 heteroatoms. The number of aromatic nitrogens is 1. The van der Waals surface area contributed by atoms with Gasteiger partial charge < -0.3 is 10.2 Å². The van der Waals surface area contributed by atoms with E-state index in [1.165, 1.54) is 6.07 Å². The van der Waals surface area contributed by atoms with Gasteiger partial charge in [-0.05, 0) is 23.8 Å². The predicted octanol–water partition coefficient (Wildman–Crippen LogP) is 3.59. The van der Waals surface area contributed by atoms with Gasteiger partial charge in [0, 0.05) is 18.8 Å². The quantitative estimate of drug-likeness (QED) is 0.864. The lowest BCUT2D eigenvalue weighted by molar-refractivity contribution is -0.137. The van der Waals surface area contributed by atoms with Gasteiger partial charge in [0.25, 0.3) is 0 Å². The lowest BCUT2D eigenvalue weighted by atomic mass is 10.0. The Morgan fingerprint density at radius 2 is 2.00 bits per heavy atom. The van der Waals surface area contributed by atoms with Crippen molar-refractivity contribution in [2.45, 2.75) is 6.18 Å². The smallest absolute Gasteiger partial charge is 0.365 e. The number of anilines is 2. The number of hydrogen-bond donors (Lipinski definition) is 1. The minimum Gasteiger partial charge on any atom is -0.365 e. The molecule has 0 radical (unpaired) electrons. The Balaban J connectivity index is 2.02. The lowest BCUT2D eigenvalue weighted by Crippen LogP contribution is -2.16. The number of rotatable bonds is 1. The molecule has 0 aliphatic carbocycles. The second-order valence-electron chi connectivity index (χ2n) is 4.71. The molecule has 0 fully saturated rings. The minimum absolute atomic E-state index is 0.506. The van der Waals surface area contributed by atoms with E-state index in [4.69, 9.17) is 0 Å². The van der Waals surface area contributed by atoms with Gasteiger partial charge in [-0.1, -0.05) is 12.1 Å². The molecule has 0 bridgehead atoms. The van der Waals surface area contributed by atoms with Crippen LogP contribution in [0.2, 0.25) is 0 Å². The van der Waals surface area contributed by atoms with Gasteiger partial charge in [0.05, 0.1) is 17.9 Å². The van der Waals surface area contributed by atoms with E-state index in [1.807, 2.05) is 18.0 Å². The van der Waals surface area contributed by atoms with Crippen molar-refractivity contribution in [1.82, 2.24) is 4.98 Å². The van der Waals surface area contributed by atoms with Crippen molar-refractivity contribution in [2.24, 2.45) is 0 Å². The molecule has 0 saturated heterocycles. The van der Waals surface area contributed by atoms with E-state index in [1.54, 1.807) is 12.3 Å². The zero-order chi connectivity index (χ0) is 14.3. The summed E-state index contributed by atoms with van der Waals surface area (Å²) >= 11 is 0. The normalized spacial score (nSPS) is 14.1. The third-order valence-corrected chi connectivity index (χ3v) is 3.26. The summed E-state index contributed by atoms with van der Waals surface area (Å²) in [5, 5.41) is 3.15. The van der Waals surface area contributed by atoms with Crippen LogP contribution >= 0.6 is 0 Å². The summed E-state index contributed by atoms with van der Waals surface area (Å²) < 4.78 is 38.2. The van der Waals surface area contributed by atoms with Crippen LogP contribution in [0.1, 0.15) is 5.56 Å². The molecule has 1 N–H and O–H groups in total. The summed E-state index contributed by atoms with van der Waals surface area (Å²) in [6.45, 7) is 0.647. The van der Waals surface area contributed by atoms with Crippen molar-refractivity contribution in [3.63, 3.8) is 0 Å². The average Bonchev–Trinajstić information content (AvgIpc) is 2.79. The van der Waals surface area contributed by atoms with Crippen LogP contribution in [0.15, 0.2) is 36.5 Å². The molecule has 2 aromatic rings. The summed E-state index contributed by atoms with van der Waals surface area (Å²) in [5.41, 5.74) is 1.35. The van der Waals surface area contributed by atoms with E-state index < -0.39 is 11.7 Å². The molecule has 0 atom stereocenters. The predicted molar refractivity (Wildman–Crippen MR) is 71.6 cm³/mol. The maximum absolute atomic E-state index is 12.7. The molecular formula is C14H12F3N3. The van der Waals surface area contributed by atoms with Crippen LogP contribution in [0, 0.1) is 0 Å². The van der Waals surface area contributed by atoms with Crippen molar-refractivity contribution in [3.8, 4) is 11.1 Å². The molecule has 1 aliphatic rings. The molecule has 0 amide bonds. The molecule has 1 aromatic carbocycles. The highest BCUT2D eigenvalue weighted by Crippen LogP contribution is 2.35. The van der Waals surface area contributed by atoms with E-state index in [0.29, 0.717) is 17.8 Å². The van der Waals surface area contributed by atoms with Crippen LogP contribution in [0.4, 0.5) is 24.7 Å². The molecule has 1 aromatic heterocycles. The number of alkyl halides is 3. The Labute approximate surface area is 114 Å². The summed E-state index contributed by atoms with van der Waals surface area (Å²) in [6, 6.07) is 7.09. The Morgan fingerprint density at radius 1 is 1.20 bits per heavy atom. The summed E-state index contributed by atoms with van der Waals surface area (Å²) in [5.74, 6) is 0.806. The zero-order valence-electron chi connectivity index (χ0n) is 10.7. The molecule has 0 saturated carbocycles. The highest BCUT2D eigenvalue weighted by atomic mass is 19.4. The largest absolute Gasteiger partial charge is 0.416 e. The third kappa shape index (κ3) is 2.17. The standard InChI is InChI=1S/C14H12F3N3/c1-20-8-19-12-6-10(7-18-13(12)20)9-3-2-4-11(5-9)14(15,16)17/h2-7,19H,8H2,1H3. The van der Waals surface area contributed by atoms with Gasteiger partial charge in [0.2, 0.25) is 0 Å². The molecule has 2 heterocycles. The molecule has 0 unspecified atom stereocenters. The highest BCUT2D eigenvalue weighted by Gasteiger charge is 2.30. The number of nitrogens with one attached hydrogen (secondary N) is 1. The van der Waals surface area contributed by atoms with Crippen molar-refractivity contribution < 1.29 is 13.2 Å². The molecule has 0 spiro atoms. The van der Waals surface area contributed by atoms with Gasteiger partial charge in [-0.2, -0.15) is 13.2 Å². The van der Waals surface area contributed by atoms with Gasteiger partial charge in [0.15, 0.2) is 5.82 Å². The molecular weight excluding hydrogens is 267 g/mol. The second kappa shape index (κ2) is 4.40. The zero-order valence-corrected chi connectivity index (χ0v) is 10.7. The topological polar surface area (TPSA) is 28.2 Å². The van der Waals surface area contributed by atoms with E-state index in [0.717, 1.165) is 23.6 Å². The summed E-state index contributed by atoms with van der Waals surface area (Å²) in [4.78, 5) is 6.23. The number of halogens is 3. The molecule has 3 nitrogen and oxygen atoms in total. The van der Waals surface area contributed by atoms with E-state index in [-0.39, 0.29) is 0 Å². The maximum Gasteiger partial charge on any atom is 0.416 e. The van der Waals surface area contributed by atoms with Gasteiger partial charge >= 0.3 is 6.18 Å². The fraction of sp³-hybridized carbons (Fsp3) is 0.214. The Bertz CT molecular complexity index is 652. The van der Waals surface area contributed by atoms with E-state index in [9.17, 15) is 13.2 Å². The Morgan fingerprint density at radius 3 is 2.75 bits per heavy atom. The number of benzene rings is 1. The van der Waals surface area contributed by atoms with Gasteiger partial charge in [0.1, 0.15) is 0 Å². The fourth-order valence-corrected chi connectivity index (χ4v) is 2.20. The van der Waals surface area contributed by atoms with Crippen LogP contribution in [0.3, 0.4) is 0 Å². The van der Waals surface area contributed by atoms with Crippen LogP contribution in [0.5, 0.6) is 0 Å². The van der Waals surface area contributed by atoms with Gasteiger partial charge in [-0.3, -0.25) is 0 Å². The van der Waals surface area contributed by atoms with Crippen molar-refractivity contribution in [3.05, 3.63) is 42.1 Å². The number of pyridine rings is 1. The second-order valence-corrected chi connectivity index (χ2v) is 4.71. The first-order valence-electron chi connectivity index (χ1n) is 6.08. The Hall–Kier alpha value is -2.24. The van der Waals surface area contributed by atoms with Crippen molar-refractivity contribution >= 4 is 11.5 Å². The van der Waals surface area contributed by atoms with E-state index in [2.05, 4.69) is 10.3 Å². The lowest BCUT2D eigenvalue weighted by Gasteiger charge is -2.10. The Kier molecular flexibility index (Phi) is 2.81. The number of nitrogens with zero attached hydrogens (tertiary/aromatic N) is 2. The first kappa shape index (κ1) is 12.8. The van der Waals surface area contributed by atoms with Crippen LogP contribution in [-0.4, -0.2) is 18.7 Å². The average molecular weight is 279 g/mol. The fourth-order valence-electron chi connectivity index (χ4n) is 2.20. The molecule has 20 heavy (non-hydrogen) atoms. The van der Waals surface area contributed by atoms with Gasteiger partial charge in [-0.25, -0.2) is 4.98 Å². The third-order valence-electron chi connectivity index (χ3n) is 3.26. The molecule has 1 aliphatic heterocycles. The summed E-state index contributed by atoms with van der Waals surface area (Å²) in [7, 11) is 1.90. The van der Waals surface area contributed by atoms with Crippen LogP contribution in [-0.2, 0) is 6.18 Å². The van der Waals surface area contributed by atoms with Crippen molar-refractivity contribution in [1.29, 1.82) is 0 Å². The molecule has 3 rings (SSSR count). The summed E-state index contributed by atoms with van der Waals surface area (Å²) in [6.07, 6.45) is -2.74. The van der Waals surface area contributed by atoms with E-state index >= 15 is 0 Å². The first-order valence-corrected chi connectivity index (χ1v) is 6.08. The molecule has 104 valence electrons.